The number of amides is 1. The second-order valence-electron chi connectivity index (χ2n) is 9.52. The molecule has 1 fully saturated rings. The van der Waals surface area contributed by atoms with Crippen molar-refractivity contribution in [2.24, 2.45) is 5.41 Å². The van der Waals surface area contributed by atoms with Gasteiger partial charge in [-0.3, -0.25) is 9.59 Å². The molecule has 168 valence electrons. The molecule has 2 aromatic rings. The van der Waals surface area contributed by atoms with Gasteiger partial charge in [-0.25, -0.2) is 0 Å². The van der Waals surface area contributed by atoms with Crippen LogP contribution < -0.4 is 10.6 Å². The molecular formula is C24H27N3O5. The Morgan fingerprint density at radius 3 is 2.75 bits per heavy atom. The number of carbonyl (C=O) groups is 2. The minimum Gasteiger partial charge on any atom is -0.505 e. The highest BCUT2D eigenvalue weighted by molar-refractivity contribution is 6.06. The summed E-state index contributed by atoms with van der Waals surface area (Å²) in [6, 6.07) is 6.79. The second kappa shape index (κ2) is 7.13. The zero-order chi connectivity index (χ0) is 22.8. The molecule has 2 aliphatic carbocycles. The molecule has 0 radical (unpaired) electrons. The van der Waals surface area contributed by atoms with Gasteiger partial charge in [-0.15, -0.1) is 0 Å². The number of nitrogens with one attached hydrogen (secondary N) is 2. The number of ketones is 1. The van der Waals surface area contributed by atoms with E-state index >= 15 is 0 Å². The van der Waals surface area contributed by atoms with Gasteiger partial charge in [0, 0.05) is 26.1 Å². The van der Waals surface area contributed by atoms with Crippen LogP contribution in [0.4, 0.5) is 5.69 Å². The van der Waals surface area contributed by atoms with E-state index in [1.54, 1.807) is 38.6 Å². The zero-order valence-electron chi connectivity index (χ0n) is 18.6. The number of fused-ring (bicyclic) bond motifs is 2. The summed E-state index contributed by atoms with van der Waals surface area (Å²) in [7, 11) is 3.25. The van der Waals surface area contributed by atoms with Crippen LogP contribution >= 0.6 is 0 Å². The highest BCUT2D eigenvalue weighted by Gasteiger charge is 2.57. The van der Waals surface area contributed by atoms with Crippen molar-refractivity contribution in [1.29, 1.82) is 0 Å². The van der Waals surface area contributed by atoms with Crippen molar-refractivity contribution in [1.82, 2.24) is 10.2 Å². The molecule has 1 aromatic heterocycles. The summed E-state index contributed by atoms with van der Waals surface area (Å²) in [5.74, 6) is 0.364. The van der Waals surface area contributed by atoms with E-state index < -0.39 is 6.10 Å². The summed E-state index contributed by atoms with van der Waals surface area (Å²) in [5.41, 5.74) is 2.54. The number of epoxide rings is 1. The number of nitrogens with zero attached hydrogens (tertiary/aromatic N) is 1. The Morgan fingerprint density at radius 1 is 1.22 bits per heavy atom. The van der Waals surface area contributed by atoms with Gasteiger partial charge in [-0.2, -0.15) is 0 Å². The summed E-state index contributed by atoms with van der Waals surface area (Å²) in [4.78, 5) is 26.8. The first kappa shape index (κ1) is 20.6. The van der Waals surface area contributed by atoms with Crippen molar-refractivity contribution in [3.05, 3.63) is 58.8 Å². The van der Waals surface area contributed by atoms with Crippen LogP contribution in [0.3, 0.4) is 0 Å². The Labute approximate surface area is 186 Å². The quantitative estimate of drug-likeness (QED) is 0.488. The number of rotatable bonds is 5. The summed E-state index contributed by atoms with van der Waals surface area (Å²) >= 11 is 0. The second-order valence-corrected chi connectivity index (χ2v) is 9.52. The molecule has 32 heavy (non-hydrogen) atoms. The van der Waals surface area contributed by atoms with Crippen LogP contribution in [-0.4, -0.2) is 48.0 Å². The predicted molar refractivity (Wildman–Crippen MR) is 117 cm³/mol. The van der Waals surface area contributed by atoms with Crippen molar-refractivity contribution in [2.45, 2.75) is 44.9 Å². The zero-order valence-corrected chi connectivity index (χ0v) is 18.6. The molecule has 0 bridgehead atoms. The number of phenols is 1. The standard InChI is InChI=1S/C24H27N3O5/c1-24(2)10-8-15-12(9-11-31-15)22(24)26-16-17(20-21(32-20)19(16)29)25-14-7-5-6-13(18(14)28)23(30)27(3)4/h5-7,9,11,20-22,25-26,28H,8,10H2,1-4H3. The van der Waals surface area contributed by atoms with Gasteiger partial charge in [0.05, 0.1) is 29.3 Å². The van der Waals surface area contributed by atoms with Crippen molar-refractivity contribution >= 4 is 17.4 Å². The number of para-hydroxylation sites is 1. The van der Waals surface area contributed by atoms with Gasteiger partial charge in [0.15, 0.2) is 11.9 Å². The maximum Gasteiger partial charge on any atom is 0.257 e. The van der Waals surface area contributed by atoms with E-state index in [9.17, 15) is 14.7 Å². The molecule has 0 spiro atoms. The minimum absolute atomic E-state index is 0.0942. The van der Waals surface area contributed by atoms with Gasteiger partial charge in [0.1, 0.15) is 17.6 Å². The number of Topliss-reactive ketones (excluding diaryl/α,β-unsaturated/α-hetero) is 1. The summed E-state index contributed by atoms with van der Waals surface area (Å²) in [6.07, 6.45) is 2.59. The van der Waals surface area contributed by atoms with Gasteiger partial charge >= 0.3 is 0 Å². The lowest BCUT2D eigenvalue weighted by molar-refractivity contribution is -0.117. The van der Waals surface area contributed by atoms with Gasteiger partial charge < -0.3 is 29.8 Å². The van der Waals surface area contributed by atoms with E-state index in [2.05, 4.69) is 24.5 Å². The fraction of sp³-hybridized carbons (Fsp3) is 0.417. The Kier molecular flexibility index (Phi) is 4.60. The average Bonchev–Trinajstić information content (AvgIpc) is 3.32. The van der Waals surface area contributed by atoms with Crippen LogP contribution in [0.1, 0.15) is 48.0 Å². The third kappa shape index (κ3) is 3.17. The summed E-state index contributed by atoms with van der Waals surface area (Å²) in [6.45, 7) is 4.35. The van der Waals surface area contributed by atoms with E-state index in [1.165, 1.54) is 4.90 Å². The Balaban J connectivity index is 1.50. The maximum atomic E-state index is 13.0. The third-order valence-corrected chi connectivity index (χ3v) is 6.65. The lowest BCUT2D eigenvalue weighted by atomic mass is 9.72. The lowest BCUT2D eigenvalue weighted by Gasteiger charge is -2.39. The molecule has 1 aliphatic heterocycles. The van der Waals surface area contributed by atoms with Crippen LogP contribution in [0.5, 0.6) is 5.75 Å². The topological polar surface area (TPSA) is 107 Å². The minimum atomic E-state index is -0.510. The van der Waals surface area contributed by atoms with Gasteiger partial charge in [-0.05, 0) is 30.0 Å². The number of aryl methyl sites for hydroxylation is 1. The molecule has 3 N–H and O–H groups in total. The van der Waals surface area contributed by atoms with Crippen LogP contribution in [0, 0.1) is 5.41 Å². The molecule has 2 heterocycles. The maximum absolute atomic E-state index is 13.0. The highest BCUT2D eigenvalue weighted by Crippen LogP contribution is 2.47. The third-order valence-electron chi connectivity index (χ3n) is 6.65. The largest absolute Gasteiger partial charge is 0.505 e. The molecule has 8 heteroatoms. The van der Waals surface area contributed by atoms with Gasteiger partial charge in [0.25, 0.3) is 5.91 Å². The summed E-state index contributed by atoms with van der Waals surface area (Å²) < 4.78 is 11.2. The number of furan rings is 1. The van der Waals surface area contributed by atoms with E-state index in [1.807, 2.05) is 6.07 Å². The first-order valence-electron chi connectivity index (χ1n) is 10.8. The predicted octanol–water partition coefficient (Wildman–Crippen LogP) is 2.96. The van der Waals surface area contributed by atoms with E-state index in [0.717, 1.165) is 24.2 Å². The number of hydrogen-bond donors (Lipinski definition) is 3. The number of aromatic hydroxyl groups is 1. The Hall–Kier alpha value is -3.26. The van der Waals surface area contributed by atoms with Crippen LogP contribution in [0.15, 0.2) is 46.3 Å². The number of phenolic OH excluding ortho intramolecular Hbond substituents is 1. The lowest BCUT2D eigenvalue weighted by Crippen LogP contribution is -2.39. The number of benzene rings is 1. The highest BCUT2D eigenvalue weighted by atomic mass is 16.6. The number of hydrogen-bond acceptors (Lipinski definition) is 7. The first-order valence-corrected chi connectivity index (χ1v) is 10.8. The van der Waals surface area contributed by atoms with E-state index in [0.29, 0.717) is 17.1 Å². The van der Waals surface area contributed by atoms with E-state index in [4.69, 9.17) is 9.15 Å². The summed E-state index contributed by atoms with van der Waals surface area (Å²) in [5, 5.41) is 17.4. The molecule has 3 aliphatic rings. The molecule has 8 nitrogen and oxygen atoms in total. The number of anilines is 1. The van der Waals surface area contributed by atoms with Crippen molar-refractivity contribution in [3.8, 4) is 5.75 Å². The molecular weight excluding hydrogens is 410 g/mol. The Morgan fingerprint density at radius 2 is 2.00 bits per heavy atom. The van der Waals surface area contributed by atoms with Gasteiger partial charge in [-0.1, -0.05) is 19.9 Å². The van der Waals surface area contributed by atoms with Crippen molar-refractivity contribution in [2.75, 3.05) is 19.4 Å². The molecule has 5 rings (SSSR count). The van der Waals surface area contributed by atoms with Crippen molar-refractivity contribution in [3.63, 3.8) is 0 Å². The van der Waals surface area contributed by atoms with Gasteiger partial charge in [0.2, 0.25) is 5.78 Å². The van der Waals surface area contributed by atoms with Crippen LogP contribution in [-0.2, 0) is 16.0 Å². The molecule has 1 saturated heterocycles. The molecule has 3 atom stereocenters. The Bertz CT molecular complexity index is 1150. The SMILES string of the molecule is CN(C)C(=O)c1cccc(NC2=C(NC3c4ccoc4CCC3(C)C)C(=O)C3OC23)c1O. The fourth-order valence-electron chi connectivity index (χ4n) is 4.66. The smallest absolute Gasteiger partial charge is 0.257 e. The van der Waals surface area contributed by atoms with Crippen molar-refractivity contribution < 1.29 is 23.8 Å². The fourth-order valence-corrected chi connectivity index (χ4v) is 4.66. The number of ether oxygens (including phenoxy) is 1. The van der Waals surface area contributed by atoms with E-state index in [-0.39, 0.29) is 40.6 Å². The molecule has 0 saturated carbocycles. The molecule has 1 amide bonds. The normalized spacial score (nSPS) is 25.2. The number of carbonyl (C=O) groups excluding carboxylic acids is 2. The van der Waals surface area contributed by atoms with Crippen LogP contribution in [0.25, 0.3) is 0 Å². The monoisotopic (exact) mass is 437 g/mol. The first-order chi connectivity index (χ1) is 15.2. The van der Waals surface area contributed by atoms with Crippen LogP contribution in [0.2, 0.25) is 0 Å². The average molecular weight is 437 g/mol. The molecule has 3 unspecified atom stereocenters. The molecule has 1 aromatic carbocycles.